The van der Waals surface area contributed by atoms with Gasteiger partial charge in [-0.1, -0.05) is 24.3 Å². The van der Waals surface area contributed by atoms with Crippen LogP contribution in [0.4, 0.5) is 18.9 Å². The van der Waals surface area contributed by atoms with Gasteiger partial charge in [-0.2, -0.15) is 13.8 Å². The van der Waals surface area contributed by atoms with Crippen LogP contribution in [0.1, 0.15) is 34.6 Å². The largest absolute Gasteiger partial charge is 0.481 e. The van der Waals surface area contributed by atoms with E-state index in [9.17, 15) is 13.9 Å². The minimum atomic E-state index is -3.18. The Hall–Kier alpha value is -4.40. The van der Waals surface area contributed by atoms with E-state index in [2.05, 4.69) is 19.5 Å². The number of rotatable bonds is 11. The number of pyridine rings is 2. The average Bonchev–Trinajstić information content (AvgIpc) is 2.97. The van der Waals surface area contributed by atoms with E-state index in [4.69, 9.17) is 16.0 Å². The quantitative estimate of drug-likeness (QED) is 0.211. The van der Waals surface area contributed by atoms with Crippen LogP contribution in [0.5, 0.6) is 17.6 Å². The van der Waals surface area contributed by atoms with Gasteiger partial charge in [-0.15, -0.1) is 0 Å². The van der Waals surface area contributed by atoms with Gasteiger partial charge in [-0.3, -0.25) is 0 Å². The van der Waals surface area contributed by atoms with Crippen molar-refractivity contribution in [1.82, 2.24) is 14.9 Å². The van der Waals surface area contributed by atoms with Crippen LogP contribution in [-0.4, -0.2) is 61.4 Å². The van der Waals surface area contributed by atoms with Gasteiger partial charge in [0.2, 0.25) is 17.6 Å². The number of methoxy groups -OCH3 is 2. The summed E-state index contributed by atoms with van der Waals surface area (Å²) in [6.07, 6.45) is 0.0165. The van der Waals surface area contributed by atoms with E-state index in [-0.39, 0.29) is 29.3 Å². The summed E-state index contributed by atoms with van der Waals surface area (Å²) in [5, 5.41) is 13.4. The van der Waals surface area contributed by atoms with Crippen molar-refractivity contribution in [2.45, 2.75) is 31.5 Å². The summed E-state index contributed by atoms with van der Waals surface area (Å²) >= 11 is 0. The van der Waals surface area contributed by atoms with Gasteiger partial charge in [0.05, 0.1) is 32.2 Å². The first-order valence-electron chi connectivity index (χ1n) is 13.0. The molecule has 0 saturated carbocycles. The third-order valence-corrected chi connectivity index (χ3v) is 7.07. The number of hydrogen-bond acceptors (Lipinski definition) is 7. The molecule has 1 N–H and O–H groups in total. The number of aromatic nitrogens is 2. The van der Waals surface area contributed by atoms with E-state index in [1.807, 2.05) is 19.0 Å². The maximum atomic E-state index is 16.1. The standard InChI is InChI=1S/C31H31F3N4O4/c1-18-8-7-9-22(28(18)32)27(23-15-19-14-21(35-2)10-11-24(19)36-29(23)41-6)31(39,12-13-38(3)4)20-16-25(40-5)37-26(17-20)42-30(33)34/h7-11,14-17,27,30,39H,12-13H2,1,3-6H3. The summed E-state index contributed by atoms with van der Waals surface area (Å²) < 4.78 is 58.1. The molecule has 2 aromatic heterocycles. The zero-order chi connectivity index (χ0) is 30.6. The van der Waals surface area contributed by atoms with Crippen LogP contribution in [0, 0.1) is 19.3 Å². The molecule has 0 bridgehead atoms. The fourth-order valence-corrected chi connectivity index (χ4v) is 5.01. The molecule has 0 spiro atoms. The van der Waals surface area contributed by atoms with Crippen molar-refractivity contribution in [1.29, 1.82) is 0 Å². The van der Waals surface area contributed by atoms with Gasteiger partial charge in [0, 0.05) is 24.2 Å². The number of benzene rings is 2. The molecule has 0 aliphatic heterocycles. The minimum Gasteiger partial charge on any atom is -0.481 e. The van der Waals surface area contributed by atoms with Crippen LogP contribution >= 0.6 is 0 Å². The number of ether oxygens (including phenoxy) is 3. The lowest BCUT2D eigenvalue weighted by Crippen LogP contribution is -2.38. The van der Waals surface area contributed by atoms with E-state index < -0.39 is 29.8 Å². The van der Waals surface area contributed by atoms with E-state index in [0.29, 0.717) is 34.3 Å². The molecule has 0 amide bonds. The molecule has 4 rings (SSSR count). The monoisotopic (exact) mass is 580 g/mol. The van der Waals surface area contributed by atoms with Gasteiger partial charge in [0.1, 0.15) is 11.4 Å². The molecule has 42 heavy (non-hydrogen) atoms. The molecule has 2 heterocycles. The van der Waals surface area contributed by atoms with Gasteiger partial charge in [-0.05, 0) is 67.7 Å². The highest BCUT2D eigenvalue weighted by Gasteiger charge is 2.44. The number of aliphatic hydroxyl groups is 1. The van der Waals surface area contributed by atoms with Crippen molar-refractivity contribution in [3.63, 3.8) is 0 Å². The van der Waals surface area contributed by atoms with Crippen molar-refractivity contribution >= 4 is 16.6 Å². The van der Waals surface area contributed by atoms with Crippen LogP contribution in [0.3, 0.4) is 0 Å². The van der Waals surface area contributed by atoms with Gasteiger partial charge in [-0.25, -0.2) is 14.2 Å². The molecular formula is C31H31F3N4O4. The lowest BCUT2D eigenvalue weighted by molar-refractivity contribution is -0.0538. The molecule has 2 atom stereocenters. The Labute approximate surface area is 242 Å². The van der Waals surface area contributed by atoms with Crippen molar-refractivity contribution in [2.24, 2.45) is 0 Å². The Morgan fingerprint density at radius 1 is 1.00 bits per heavy atom. The van der Waals surface area contributed by atoms with Crippen LogP contribution in [-0.2, 0) is 5.60 Å². The second-order valence-electron chi connectivity index (χ2n) is 10.1. The molecule has 4 aromatic rings. The topological polar surface area (TPSA) is 81.3 Å². The predicted molar refractivity (Wildman–Crippen MR) is 152 cm³/mol. The molecule has 8 nitrogen and oxygen atoms in total. The highest BCUT2D eigenvalue weighted by Crippen LogP contribution is 2.49. The van der Waals surface area contributed by atoms with Gasteiger partial charge in [0.25, 0.3) is 0 Å². The van der Waals surface area contributed by atoms with Crippen molar-refractivity contribution in [3.8, 4) is 17.6 Å². The van der Waals surface area contributed by atoms with E-state index in [1.165, 1.54) is 26.4 Å². The molecule has 0 saturated heterocycles. The van der Waals surface area contributed by atoms with Crippen molar-refractivity contribution in [2.75, 3.05) is 34.9 Å². The van der Waals surface area contributed by atoms with Gasteiger partial charge in [0.15, 0.2) is 5.69 Å². The summed E-state index contributed by atoms with van der Waals surface area (Å²) in [6, 6.07) is 14.1. The first-order valence-corrected chi connectivity index (χ1v) is 13.0. The van der Waals surface area contributed by atoms with Gasteiger partial charge < -0.3 is 24.2 Å². The highest BCUT2D eigenvalue weighted by molar-refractivity contribution is 5.84. The minimum absolute atomic E-state index is 0.0165. The molecule has 0 aliphatic carbocycles. The fourth-order valence-electron chi connectivity index (χ4n) is 5.01. The SMILES string of the molecule is [C-]#[N+]c1ccc2nc(OC)c(C(c3cccc(C)c3F)C(O)(CCN(C)C)c3cc(OC)nc(OC(F)F)c3)cc2c1. The number of aryl methyl sites for hydroxylation is 1. The smallest absolute Gasteiger partial charge is 0.388 e. The lowest BCUT2D eigenvalue weighted by Gasteiger charge is -2.39. The summed E-state index contributed by atoms with van der Waals surface area (Å²) in [6.45, 7) is 6.18. The van der Waals surface area contributed by atoms with Crippen LogP contribution in [0.25, 0.3) is 15.7 Å². The maximum absolute atomic E-state index is 16.1. The average molecular weight is 581 g/mol. The number of halogens is 3. The Bertz CT molecular complexity index is 1630. The first kappa shape index (κ1) is 30.6. The Balaban J connectivity index is 2.11. The molecule has 2 aromatic carbocycles. The number of hydrogen-bond donors (Lipinski definition) is 1. The molecule has 0 fully saturated rings. The lowest BCUT2D eigenvalue weighted by atomic mass is 9.71. The van der Waals surface area contributed by atoms with Crippen LogP contribution in [0.15, 0.2) is 54.6 Å². The zero-order valence-corrected chi connectivity index (χ0v) is 23.9. The highest BCUT2D eigenvalue weighted by atomic mass is 19.3. The third-order valence-electron chi connectivity index (χ3n) is 7.07. The molecular weight excluding hydrogens is 549 g/mol. The number of alkyl halides is 2. The normalized spacial score (nSPS) is 13.6. The molecule has 11 heteroatoms. The predicted octanol–water partition coefficient (Wildman–Crippen LogP) is 6.22. The fraction of sp³-hybridized carbons (Fsp3) is 0.323. The van der Waals surface area contributed by atoms with Crippen molar-refractivity contribution in [3.05, 3.63) is 94.1 Å². The van der Waals surface area contributed by atoms with Crippen LogP contribution in [0.2, 0.25) is 0 Å². The Kier molecular flexibility index (Phi) is 9.19. The number of fused-ring (bicyclic) bond motifs is 1. The third kappa shape index (κ3) is 6.25. The van der Waals surface area contributed by atoms with E-state index >= 15 is 4.39 Å². The number of nitrogens with zero attached hydrogens (tertiary/aromatic N) is 4. The maximum Gasteiger partial charge on any atom is 0.388 e. The molecule has 0 aliphatic rings. The summed E-state index contributed by atoms with van der Waals surface area (Å²) in [5.74, 6) is -2.17. The molecule has 2 unspecified atom stereocenters. The Morgan fingerprint density at radius 3 is 2.38 bits per heavy atom. The zero-order valence-electron chi connectivity index (χ0n) is 23.9. The second-order valence-corrected chi connectivity index (χ2v) is 10.1. The van der Waals surface area contributed by atoms with E-state index in [0.717, 1.165) is 0 Å². The summed E-state index contributed by atoms with van der Waals surface area (Å²) in [5.41, 5.74) is -0.167. The molecule has 220 valence electrons. The van der Waals surface area contributed by atoms with Crippen LogP contribution < -0.4 is 14.2 Å². The van der Waals surface area contributed by atoms with Crippen molar-refractivity contribution < 1.29 is 32.5 Å². The summed E-state index contributed by atoms with van der Waals surface area (Å²) in [4.78, 5) is 13.9. The van der Waals surface area contributed by atoms with E-state index in [1.54, 1.807) is 49.4 Å². The van der Waals surface area contributed by atoms with Gasteiger partial charge >= 0.3 is 6.61 Å². The first-order chi connectivity index (χ1) is 20.0. The summed E-state index contributed by atoms with van der Waals surface area (Å²) in [7, 11) is 6.34. The Morgan fingerprint density at radius 2 is 1.74 bits per heavy atom. The second kappa shape index (κ2) is 12.6. The molecule has 0 radical (unpaired) electrons.